The number of rotatable bonds is 83. The Kier molecular flexibility index (Phi) is 74.1. The molecule has 612 valence electrons. The molecule has 0 aromatic rings. The number of hydrogen-bond donors (Lipinski definition) is 3. The smallest absolute Gasteiger partial charge is 0.462 e. The molecule has 0 heterocycles. The van der Waals surface area contributed by atoms with Gasteiger partial charge in [0, 0.05) is 25.7 Å². The molecule has 17 nitrogen and oxygen atoms in total. The summed E-state index contributed by atoms with van der Waals surface area (Å²) >= 11 is 0. The third kappa shape index (κ3) is 78.0. The van der Waals surface area contributed by atoms with Crippen LogP contribution in [0.4, 0.5) is 0 Å². The molecule has 5 atom stereocenters. The van der Waals surface area contributed by atoms with Crippen molar-refractivity contribution in [2.24, 2.45) is 11.8 Å². The molecule has 0 aliphatic rings. The van der Waals surface area contributed by atoms with Crippen LogP contribution < -0.4 is 0 Å². The molecule has 0 rings (SSSR count). The number of carbonyl (C=O) groups excluding carboxylic acids is 4. The van der Waals surface area contributed by atoms with Crippen LogP contribution >= 0.6 is 15.6 Å². The van der Waals surface area contributed by atoms with Crippen molar-refractivity contribution >= 4 is 39.5 Å². The van der Waals surface area contributed by atoms with E-state index in [1.54, 1.807) is 0 Å². The molecule has 0 spiro atoms. The van der Waals surface area contributed by atoms with E-state index in [2.05, 4.69) is 41.5 Å². The zero-order valence-corrected chi connectivity index (χ0v) is 69.4. The van der Waals surface area contributed by atoms with E-state index < -0.39 is 97.5 Å². The van der Waals surface area contributed by atoms with Gasteiger partial charge >= 0.3 is 39.5 Å². The largest absolute Gasteiger partial charge is 0.472 e. The monoisotopic (exact) mass is 1510 g/mol. The predicted molar refractivity (Wildman–Crippen MR) is 423 cm³/mol. The minimum absolute atomic E-state index is 0.107. The normalized spacial score (nSPS) is 13.9. The number of esters is 4. The molecular weight excluding hydrogens is 1340 g/mol. The van der Waals surface area contributed by atoms with Gasteiger partial charge in [0.2, 0.25) is 0 Å². The highest BCUT2D eigenvalue weighted by Gasteiger charge is 2.30. The molecule has 0 aromatic carbocycles. The number of phosphoric ester groups is 2. The van der Waals surface area contributed by atoms with Gasteiger partial charge in [-0.1, -0.05) is 395 Å². The van der Waals surface area contributed by atoms with Crippen LogP contribution in [0.2, 0.25) is 0 Å². The molecule has 0 aromatic heterocycles. The zero-order valence-electron chi connectivity index (χ0n) is 67.6. The highest BCUT2D eigenvalue weighted by Crippen LogP contribution is 2.45. The van der Waals surface area contributed by atoms with Crippen molar-refractivity contribution in [3.05, 3.63) is 0 Å². The molecule has 2 unspecified atom stereocenters. The summed E-state index contributed by atoms with van der Waals surface area (Å²) in [6, 6.07) is 0. The van der Waals surface area contributed by atoms with Crippen molar-refractivity contribution in [1.29, 1.82) is 0 Å². The Balaban J connectivity index is 5.24. The maximum absolute atomic E-state index is 13.1. The van der Waals surface area contributed by atoms with Gasteiger partial charge in [0.25, 0.3) is 0 Å². The van der Waals surface area contributed by atoms with Crippen molar-refractivity contribution in [1.82, 2.24) is 0 Å². The topological polar surface area (TPSA) is 237 Å². The Hall–Kier alpha value is -1.94. The van der Waals surface area contributed by atoms with Crippen LogP contribution in [0.1, 0.15) is 446 Å². The summed E-state index contributed by atoms with van der Waals surface area (Å²) in [4.78, 5) is 73.1. The average molecular weight is 1510 g/mol. The first kappa shape index (κ1) is 101. The van der Waals surface area contributed by atoms with Crippen LogP contribution in [-0.2, 0) is 65.4 Å². The van der Waals surface area contributed by atoms with Gasteiger partial charge in [-0.15, -0.1) is 0 Å². The highest BCUT2D eigenvalue weighted by atomic mass is 31.2. The van der Waals surface area contributed by atoms with E-state index in [9.17, 15) is 43.2 Å². The quantitative estimate of drug-likeness (QED) is 0.0222. The maximum Gasteiger partial charge on any atom is 0.472 e. The summed E-state index contributed by atoms with van der Waals surface area (Å²) in [5.74, 6) is -0.532. The van der Waals surface area contributed by atoms with Crippen LogP contribution in [0.3, 0.4) is 0 Å². The highest BCUT2D eigenvalue weighted by molar-refractivity contribution is 7.47. The molecule has 0 aliphatic carbocycles. The standard InChI is InChI=1S/C84H164O17P2/c1-7-9-11-13-15-17-19-20-21-22-23-24-25-28-32-38-44-50-56-62-68-83(88)100-80(73-95-82(87)67-61-55-49-43-37-31-29-26-27-30-35-40-46-52-58-64-76(3)4)75-99-103(92,93)97-71-78(85)70-96-102(90,91)98-74-79(72-94-81(86)66-60-54-48-42-34-18-16-14-12-10-8-2)101-84(89)69-63-57-51-45-39-33-36-41-47-53-59-65-77(5)6/h76-80,85H,7-75H2,1-6H3,(H,90,91)(H,92,93)/t78-,79+,80+/m0/s1. The van der Waals surface area contributed by atoms with Crippen molar-refractivity contribution in [3.8, 4) is 0 Å². The second-order valence-electron chi connectivity index (χ2n) is 31.2. The summed E-state index contributed by atoms with van der Waals surface area (Å²) in [5, 5.41) is 10.7. The fourth-order valence-electron chi connectivity index (χ4n) is 13.1. The predicted octanol–water partition coefficient (Wildman–Crippen LogP) is 25.5. The number of aliphatic hydroxyl groups is 1. The fourth-order valence-corrected chi connectivity index (χ4v) is 14.6. The lowest BCUT2D eigenvalue weighted by Gasteiger charge is -2.21. The van der Waals surface area contributed by atoms with Crippen molar-refractivity contribution in [2.45, 2.75) is 464 Å². The molecular formula is C84H164O17P2. The number of aliphatic hydroxyl groups excluding tert-OH is 1. The van der Waals surface area contributed by atoms with Crippen LogP contribution in [0.25, 0.3) is 0 Å². The third-order valence-corrected chi connectivity index (χ3v) is 21.6. The summed E-state index contributed by atoms with van der Waals surface area (Å²) in [6.45, 7) is 9.68. The molecule has 0 saturated heterocycles. The number of phosphoric acid groups is 2. The lowest BCUT2D eigenvalue weighted by molar-refractivity contribution is -0.161. The Morgan fingerprint density at radius 1 is 0.262 bits per heavy atom. The second-order valence-corrected chi connectivity index (χ2v) is 34.1. The molecule has 19 heteroatoms. The van der Waals surface area contributed by atoms with Crippen LogP contribution in [0.5, 0.6) is 0 Å². The molecule has 0 bridgehead atoms. The van der Waals surface area contributed by atoms with Crippen LogP contribution in [0, 0.1) is 11.8 Å². The van der Waals surface area contributed by atoms with Crippen molar-refractivity contribution < 1.29 is 80.2 Å². The molecule has 0 saturated carbocycles. The minimum atomic E-state index is -4.96. The molecule has 0 fully saturated rings. The van der Waals surface area contributed by atoms with Gasteiger partial charge in [-0.25, -0.2) is 9.13 Å². The lowest BCUT2D eigenvalue weighted by atomic mass is 10.0. The van der Waals surface area contributed by atoms with Crippen molar-refractivity contribution in [3.63, 3.8) is 0 Å². The van der Waals surface area contributed by atoms with Gasteiger partial charge in [-0.2, -0.15) is 0 Å². The lowest BCUT2D eigenvalue weighted by Crippen LogP contribution is -2.30. The van der Waals surface area contributed by atoms with E-state index in [0.29, 0.717) is 25.7 Å². The van der Waals surface area contributed by atoms with Gasteiger partial charge < -0.3 is 33.8 Å². The van der Waals surface area contributed by atoms with E-state index in [0.717, 1.165) is 102 Å². The van der Waals surface area contributed by atoms with Gasteiger partial charge in [0.05, 0.1) is 26.4 Å². The molecule has 0 amide bonds. The van der Waals surface area contributed by atoms with Crippen LogP contribution in [-0.4, -0.2) is 96.7 Å². The van der Waals surface area contributed by atoms with Gasteiger partial charge in [0.1, 0.15) is 19.3 Å². The Morgan fingerprint density at radius 2 is 0.447 bits per heavy atom. The van der Waals surface area contributed by atoms with Crippen LogP contribution in [0.15, 0.2) is 0 Å². The SMILES string of the molecule is CCCCCCCCCCCCCCCCCCCCCCC(=O)O[C@H](COC(=O)CCCCCCCCCCCCCCCCCC(C)C)COP(=O)(O)OC[C@@H](O)COP(=O)(O)OC[C@@H](COC(=O)CCCCCCCCCCCCC)OC(=O)CCCCCCCCCCCCCC(C)C. The Morgan fingerprint density at radius 3 is 0.660 bits per heavy atom. The van der Waals surface area contributed by atoms with E-state index >= 15 is 0 Å². The minimum Gasteiger partial charge on any atom is -0.462 e. The van der Waals surface area contributed by atoms with Crippen molar-refractivity contribution in [2.75, 3.05) is 39.6 Å². The van der Waals surface area contributed by atoms with E-state index in [-0.39, 0.29) is 25.7 Å². The van der Waals surface area contributed by atoms with E-state index in [4.69, 9.17) is 37.0 Å². The zero-order chi connectivity index (χ0) is 75.6. The maximum atomic E-state index is 13.1. The molecule has 0 aliphatic heterocycles. The Bertz CT molecular complexity index is 1980. The Labute approximate surface area is 632 Å². The summed E-state index contributed by atoms with van der Waals surface area (Å²) in [5.41, 5.74) is 0. The number of unbranched alkanes of at least 4 members (excludes halogenated alkanes) is 53. The average Bonchev–Trinajstić information content (AvgIpc) is 0.910. The summed E-state index contributed by atoms with van der Waals surface area (Å²) < 4.78 is 68.8. The molecule has 0 radical (unpaired) electrons. The molecule has 103 heavy (non-hydrogen) atoms. The third-order valence-electron chi connectivity index (χ3n) is 19.7. The summed E-state index contributed by atoms with van der Waals surface area (Å²) in [7, 11) is -9.92. The first-order valence-electron chi connectivity index (χ1n) is 43.5. The molecule has 3 N–H and O–H groups in total. The number of ether oxygens (including phenoxy) is 4. The first-order chi connectivity index (χ1) is 49.9. The first-order valence-corrected chi connectivity index (χ1v) is 46.5. The number of hydrogen-bond acceptors (Lipinski definition) is 15. The summed E-state index contributed by atoms with van der Waals surface area (Å²) in [6.07, 6.45) is 66.6. The number of carbonyl (C=O) groups is 4. The van der Waals surface area contributed by atoms with Gasteiger partial charge in [-0.05, 0) is 37.5 Å². The van der Waals surface area contributed by atoms with E-state index in [1.807, 2.05) is 0 Å². The fraction of sp³-hybridized carbons (Fsp3) is 0.952. The van der Waals surface area contributed by atoms with Gasteiger partial charge in [0.15, 0.2) is 12.2 Å². The second kappa shape index (κ2) is 75.5. The van der Waals surface area contributed by atoms with E-state index in [1.165, 1.54) is 263 Å². The van der Waals surface area contributed by atoms with Gasteiger partial charge in [-0.3, -0.25) is 37.3 Å².